The summed E-state index contributed by atoms with van der Waals surface area (Å²) in [4.78, 5) is 15.9. The van der Waals surface area contributed by atoms with Crippen LogP contribution in [0.15, 0.2) is 67.0 Å². The number of benzene rings is 2. The van der Waals surface area contributed by atoms with E-state index in [1.165, 1.54) is 0 Å². The first kappa shape index (κ1) is 16.0. The predicted molar refractivity (Wildman–Crippen MR) is 92.8 cm³/mol. The first-order valence-corrected chi connectivity index (χ1v) is 7.93. The molecule has 0 aliphatic rings. The summed E-state index contributed by atoms with van der Waals surface area (Å²) in [6, 6.07) is 17.6. The molecule has 3 rings (SSSR count). The number of esters is 1. The van der Waals surface area contributed by atoms with Crippen molar-refractivity contribution in [3.63, 3.8) is 0 Å². The molecule has 2 aromatic carbocycles. The third-order valence-corrected chi connectivity index (χ3v) is 3.78. The first-order valence-electron chi connectivity index (χ1n) is 7.93. The van der Waals surface area contributed by atoms with Gasteiger partial charge in [0, 0.05) is 12.4 Å². The second kappa shape index (κ2) is 7.59. The van der Waals surface area contributed by atoms with E-state index in [0.717, 1.165) is 22.1 Å². The van der Waals surface area contributed by atoms with Gasteiger partial charge in [-0.3, -0.25) is 9.78 Å². The Morgan fingerprint density at radius 2 is 1.79 bits per heavy atom. The van der Waals surface area contributed by atoms with Crippen molar-refractivity contribution < 1.29 is 14.3 Å². The molecule has 1 aromatic heterocycles. The summed E-state index contributed by atoms with van der Waals surface area (Å²) < 4.78 is 11.1. The number of aromatic nitrogens is 1. The van der Waals surface area contributed by atoms with Crippen LogP contribution in [0.3, 0.4) is 0 Å². The molecule has 0 aliphatic heterocycles. The molecule has 0 N–H and O–H groups in total. The molecule has 1 heterocycles. The lowest BCUT2D eigenvalue weighted by Crippen LogP contribution is -2.12. The molecule has 4 heteroatoms. The zero-order chi connectivity index (χ0) is 16.8. The van der Waals surface area contributed by atoms with E-state index in [0.29, 0.717) is 6.61 Å². The fraction of sp³-hybridized carbons (Fsp3) is 0.200. The normalized spacial score (nSPS) is 11.9. The second-order valence-corrected chi connectivity index (χ2v) is 5.52. The Morgan fingerprint density at radius 3 is 2.58 bits per heavy atom. The number of rotatable bonds is 6. The minimum Gasteiger partial charge on any atom is -0.493 e. The fourth-order valence-electron chi connectivity index (χ4n) is 2.47. The van der Waals surface area contributed by atoms with Gasteiger partial charge in [-0.1, -0.05) is 30.3 Å². The van der Waals surface area contributed by atoms with Gasteiger partial charge in [0.05, 0.1) is 13.0 Å². The summed E-state index contributed by atoms with van der Waals surface area (Å²) in [5, 5.41) is 2.28. The Kier molecular flexibility index (Phi) is 5.06. The van der Waals surface area contributed by atoms with E-state index < -0.39 is 0 Å². The van der Waals surface area contributed by atoms with Crippen LogP contribution in [0.2, 0.25) is 0 Å². The van der Waals surface area contributed by atoms with E-state index in [1.807, 2.05) is 55.5 Å². The number of carbonyl (C=O) groups is 1. The molecule has 24 heavy (non-hydrogen) atoms. The van der Waals surface area contributed by atoms with Crippen LogP contribution >= 0.6 is 0 Å². The van der Waals surface area contributed by atoms with Crippen LogP contribution in [0.4, 0.5) is 0 Å². The van der Waals surface area contributed by atoms with Crippen LogP contribution in [-0.4, -0.2) is 17.6 Å². The van der Waals surface area contributed by atoms with Crippen molar-refractivity contribution in [3.05, 3.63) is 72.6 Å². The van der Waals surface area contributed by atoms with Crippen LogP contribution in [0.1, 0.15) is 25.0 Å². The van der Waals surface area contributed by atoms with Gasteiger partial charge in [0.2, 0.25) is 0 Å². The predicted octanol–water partition coefficient (Wildman–Crippen LogP) is 4.31. The average Bonchev–Trinajstić information content (AvgIpc) is 2.62. The van der Waals surface area contributed by atoms with E-state index in [4.69, 9.17) is 9.47 Å². The highest BCUT2D eigenvalue weighted by Gasteiger charge is 2.11. The highest BCUT2D eigenvalue weighted by Crippen LogP contribution is 2.21. The van der Waals surface area contributed by atoms with Crippen LogP contribution in [0, 0.1) is 0 Å². The molecule has 0 radical (unpaired) electrons. The van der Waals surface area contributed by atoms with Crippen LogP contribution < -0.4 is 4.74 Å². The molecule has 0 amide bonds. The monoisotopic (exact) mass is 321 g/mol. The Balaban J connectivity index is 1.49. The lowest BCUT2D eigenvalue weighted by molar-refractivity contribution is -0.149. The molecule has 3 aromatic rings. The largest absolute Gasteiger partial charge is 0.493 e. The maximum Gasteiger partial charge on any atom is 0.309 e. The molecule has 0 spiro atoms. The molecule has 0 bridgehead atoms. The van der Waals surface area contributed by atoms with E-state index in [2.05, 4.69) is 11.1 Å². The van der Waals surface area contributed by atoms with Crippen molar-refractivity contribution >= 4 is 16.7 Å². The van der Waals surface area contributed by atoms with E-state index in [-0.39, 0.29) is 18.5 Å². The standard InChI is InChI=1S/C20H19NO3/c1-15(16-8-11-21-12-9-16)24-20(22)10-13-23-19-7-6-17-4-2-3-5-18(17)14-19/h2-9,11-12,14-15H,10,13H2,1H3. The number of hydrogen-bond donors (Lipinski definition) is 0. The topological polar surface area (TPSA) is 48.4 Å². The van der Waals surface area contributed by atoms with Gasteiger partial charge in [-0.25, -0.2) is 0 Å². The SMILES string of the molecule is CC(OC(=O)CCOc1ccc2ccccc2c1)c1ccncc1. The fourth-order valence-corrected chi connectivity index (χ4v) is 2.47. The van der Waals surface area contributed by atoms with Crippen LogP contribution in [0.5, 0.6) is 5.75 Å². The van der Waals surface area contributed by atoms with Gasteiger partial charge >= 0.3 is 5.97 Å². The highest BCUT2D eigenvalue weighted by atomic mass is 16.5. The lowest BCUT2D eigenvalue weighted by Gasteiger charge is -2.13. The van der Waals surface area contributed by atoms with Crippen molar-refractivity contribution in [3.8, 4) is 5.75 Å². The minimum atomic E-state index is -0.291. The molecular weight excluding hydrogens is 302 g/mol. The van der Waals surface area contributed by atoms with Gasteiger partial charge in [0.25, 0.3) is 0 Å². The van der Waals surface area contributed by atoms with E-state index in [1.54, 1.807) is 12.4 Å². The van der Waals surface area contributed by atoms with Crippen LogP contribution in [-0.2, 0) is 9.53 Å². The minimum absolute atomic E-state index is 0.211. The lowest BCUT2D eigenvalue weighted by atomic mass is 10.1. The maximum atomic E-state index is 11.9. The summed E-state index contributed by atoms with van der Waals surface area (Å²) >= 11 is 0. The summed E-state index contributed by atoms with van der Waals surface area (Å²) in [6.07, 6.45) is 3.29. The third-order valence-electron chi connectivity index (χ3n) is 3.78. The quantitative estimate of drug-likeness (QED) is 0.635. The number of fused-ring (bicyclic) bond motifs is 1. The van der Waals surface area contributed by atoms with E-state index >= 15 is 0 Å². The maximum absolute atomic E-state index is 11.9. The molecule has 0 fully saturated rings. The molecule has 0 saturated carbocycles. The zero-order valence-corrected chi connectivity index (χ0v) is 13.5. The Morgan fingerprint density at radius 1 is 1.04 bits per heavy atom. The van der Waals surface area contributed by atoms with Crippen molar-refractivity contribution in [2.24, 2.45) is 0 Å². The molecule has 0 saturated heterocycles. The van der Waals surface area contributed by atoms with Crippen molar-refractivity contribution in [2.45, 2.75) is 19.4 Å². The number of nitrogens with zero attached hydrogens (tertiary/aromatic N) is 1. The van der Waals surface area contributed by atoms with Gasteiger partial charge < -0.3 is 9.47 Å². The van der Waals surface area contributed by atoms with Crippen molar-refractivity contribution in [2.75, 3.05) is 6.61 Å². The Bertz CT molecular complexity index is 817. The molecule has 4 nitrogen and oxygen atoms in total. The van der Waals surface area contributed by atoms with Crippen molar-refractivity contribution in [1.82, 2.24) is 4.98 Å². The molecule has 122 valence electrons. The summed E-state index contributed by atoms with van der Waals surface area (Å²) in [6.45, 7) is 2.14. The van der Waals surface area contributed by atoms with Gasteiger partial charge in [0.15, 0.2) is 0 Å². The van der Waals surface area contributed by atoms with Gasteiger partial charge in [0.1, 0.15) is 11.9 Å². The number of hydrogen-bond acceptors (Lipinski definition) is 4. The molecule has 1 unspecified atom stereocenters. The van der Waals surface area contributed by atoms with Crippen molar-refractivity contribution in [1.29, 1.82) is 0 Å². The van der Waals surface area contributed by atoms with Gasteiger partial charge in [-0.05, 0) is 47.5 Å². The number of carbonyl (C=O) groups excluding carboxylic acids is 1. The molecular formula is C20H19NO3. The molecule has 1 atom stereocenters. The molecule has 0 aliphatic carbocycles. The Labute approximate surface area is 141 Å². The third kappa shape index (κ3) is 4.10. The summed E-state index contributed by atoms with van der Waals surface area (Å²) in [5.41, 5.74) is 0.925. The summed E-state index contributed by atoms with van der Waals surface area (Å²) in [5.74, 6) is 0.476. The first-order chi connectivity index (χ1) is 11.7. The van der Waals surface area contributed by atoms with Gasteiger partial charge in [-0.2, -0.15) is 0 Å². The second-order valence-electron chi connectivity index (χ2n) is 5.52. The van der Waals surface area contributed by atoms with Gasteiger partial charge in [-0.15, -0.1) is 0 Å². The average molecular weight is 321 g/mol. The zero-order valence-electron chi connectivity index (χ0n) is 13.5. The van der Waals surface area contributed by atoms with Crippen LogP contribution in [0.25, 0.3) is 10.8 Å². The summed E-state index contributed by atoms with van der Waals surface area (Å²) in [7, 11) is 0. The smallest absolute Gasteiger partial charge is 0.309 e. The Hall–Kier alpha value is -2.88. The highest BCUT2D eigenvalue weighted by molar-refractivity contribution is 5.83. The van der Waals surface area contributed by atoms with E-state index in [9.17, 15) is 4.79 Å². The number of ether oxygens (including phenoxy) is 2. The number of pyridine rings is 1.